The third kappa shape index (κ3) is 4.58. The summed E-state index contributed by atoms with van der Waals surface area (Å²) in [6.07, 6.45) is 3.11. The van der Waals surface area contributed by atoms with Crippen molar-refractivity contribution in [3.05, 3.63) is 71.8 Å². The summed E-state index contributed by atoms with van der Waals surface area (Å²) in [5.41, 5.74) is 3.58. The average molecular weight is 350 g/mol. The van der Waals surface area contributed by atoms with Gasteiger partial charge in [-0.05, 0) is 35.8 Å². The Morgan fingerprint density at radius 2 is 1.92 bits per heavy atom. The smallest absolute Gasteiger partial charge is 0.337 e. The van der Waals surface area contributed by atoms with Crippen molar-refractivity contribution in [2.45, 2.75) is 6.42 Å². The van der Waals surface area contributed by atoms with Crippen LogP contribution in [0, 0.1) is 0 Å². The Morgan fingerprint density at radius 1 is 1.12 bits per heavy atom. The maximum Gasteiger partial charge on any atom is 0.337 e. The lowest BCUT2D eigenvalue weighted by molar-refractivity contribution is -0.117. The van der Waals surface area contributed by atoms with Gasteiger partial charge in [0.2, 0.25) is 5.91 Å². The molecule has 0 saturated heterocycles. The number of benzene rings is 2. The van der Waals surface area contributed by atoms with Gasteiger partial charge in [-0.15, -0.1) is 0 Å². The SMILES string of the molecule is COC(=O)c1cccc(NC(=O)CN2CC=C(c3ccccc3)CC2)c1. The van der Waals surface area contributed by atoms with Crippen molar-refractivity contribution in [1.29, 1.82) is 0 Å². The number of nitrogens with zero attached hydrogens (tertiary/aromatic N) is 1. The molecule has 0 radical (unpaired) electrons. The largest absolute Gasteiger partial charge is 0.465 e. The van der Waals surface area contributed by atoms with Crippen LogP contribution in [0.15, 0.2) is 60.7 Å². The Kier molecular flexibility index (Phi) is 5.81. The number of nitrogens with one attached hydrogen (secondary N) is 1. The minimum absolute atomic E-state index is 0.0939. The molecule has 0 spiro atoms. The molecule has 1 aliphatic heterocycles. The lowest BCUT2D eigenvalue weighted by Gasteiger charge is -2.25. The standard InChI is InChI=1S/C21H22N2O3/c1-26-21(25)18-8-5-9-19(14-18)22-20(24)15-23-12-10-17(11-13-23)16-6-3-2-4-7-16/h2-10,14H,11-13,15H2,1H3,(H,22,24). The molecule has 1 N–H and O–H groups in total. The lowest BCUT2D eigenvalue weighted by atomic mass is 10.00. The second kappa shape index (κ2) is 8.45. The van der Waals surface area contributed by atoms with Crippen molar-refractivity contribution in [1.82, 2.24) is 4.90 Å². The van der Waals surface area contributed by atoms with Crippen LogP contribution in [0.5, 0.6) is 0 Å². The molecule has 0 aliphatic carbocycles. The highest BCUT2D eigenvalue weighted by Gasteiger charge is 2.16. The van der Waals surface area contributed by atoms with E-state index in [2.05, 4.69) is 28.4 Å². The van der Waals surface area contributed by atoms with Gasteiger partial charge in [0.25, 0.3) is 0 Å². The number of carbonyl (C=O) groups is 2. The zero-order valence-corrected chi connectivity index (χ0v) is 14.8. The summed E-state index contributed by atoms with van der Waals surface area (Å²) in [5, 5.41) is 2.84. The molecule has 134 valence electrons. The molecule has 1 heterocycles. The van der Waals surface area contributed by atoms with Gasteiger partial charge in [-0.25, -0.2) is 4.79 Å². The molecule has 1 amide bonds. The number of methoxy groups -OCH3 is 1. The summed E-state index contributed by atoms with van der Waals surface area (Å²) in [4.78, 5) is 26.0. The van der Waals surface area contributed by atoms with E-state index < -0.39 is 5.97 Å². The molecular weight excluding hydrogens is 328 g/mol. The van der Waals surface area contributed by atoms with Crippen LogP contribution in [-0.2, 0) is 9.53 Å². The van der Waals surface area contributed by atoms with E-state index in [0.717, 1.165) is 19.5 Å². The molecule has 0 saturated carbocycles. The molecule has 0 unspecified atom stereocenters. The second-order valence-corrected chi connectivity index (χ2v) is 6.20. The molecule has 26 heavy (non-hydrogen) atoms. The summed E-state index contributed by atoms with van der Waals surface area (Å²) in [6, 6.07) is 17.1. The first-order chi connectivity index (χ1) is 12.7. The number of carbonyl (C=O) groups excluding carboxylic acids is 2. The van der Waals surface area contributed by atoms with Crippen molar-refractivity contribution >= 4 is 23.1 Å². The zero-order valence-electron chi connectivity index (χ0n) is 14.8. The highest BCUT2D eigenvalue weighted by Crippen LogP contribution is 2.21. The van der Waals surface area contributed by atoms with E-state index in [9.17, 15) is 9.59 Å². The van der Waals surface area contributed by atoms with E-state index in [1.807, 2.05) is 18.2 Å². The first-order valence-electron chi connectivity index (χ1n) is 8.61. The zero-order chi connectivity index (χ0) is 18.4. The Labute approximate surface area is 153 Å². The molecule has 0 bridgehead atoms. The van der Waals surface area contributed by atoms with Gasteiger partial charge < -0.3 is 10.1 Å². The first kappa shape index (κ1) is 17.9. The van der Waals surface area contributed by atoms with Gasteiger partial charge in [-0.1, -0.05) is 42.5 Å². The van der Waals surface area contributed by atoms with Crippen molar-refractivity contribution in [2.75, 3.05) is 32.1 Å². The molecular formula is C21H22N2O3. The minimum atomic E-state index is -0.421. The van der Waals surface area contributed by atoms with Crippen LogP contribution in [0.2, 0.25) is 0 Å². The quantitative estimate of drug-likeness (QED) is 0.842. The summed E-state index contributed by atoms with van der Waals surface area (Å²) in [7, 11) is 1.33. The summed E-state index contributed by atoms with van der Waals surface area (Å²) in [6.45, 7) is 1.91. The number of anilines is 1. The first-order valence-corrected chi connectivity index (χ1v) is 8.61. The van der Waals surface area contributed by atoms with Crippen LogP contribution in [-0.4, -0.2) is 43.5 Å². The van der Waals surface area contributed by atoms with Crippen molar-refractivity contribution in [2.24, 2.45) is 0 Å². The molecule has 0 fully saturated rings. The van der Waals surface area contributed by atoms with Gasteiger partial charge >= 0.3 is 5.97 Å². The number of amides is 1. The van der Waals surface area contributed by atoms with Crippen molar-refractivity contribution < 1.29 is 14.3 Å². The van der Waals surface area contributed by atoms with E-state index in [0.29, 0.717) is 17.8 Å². The van der Waals surface area contributed by atoms with Crippen LogP contribution in [0.4, 0.5) is 5.69 Å². The lowest BCUT2D eigenvalue weighted by Crippen LogP contribution is -2.36. The Bertz CT molecular complexity index is 815. The number of ether oxygens (including phenoxy) is 1. The molecule has 3 rings (SSSR count). The van der Waals surface area contributed by atoms with Gasteiger partial charge in [0.1, 0.15) is 0 Å². The molecule has 2 aromatic rings. The van der Waals surface area contributed by atoms with Crippen molar-refractivity contribution in [3.63, 3.8) is 0 Å². The van der Waals surface area contributed by atoms with Gasteiger partial charge in [0, 0.05) is 18.8 Å². The molecule has 1 aliphatic rings. The number of hydrogen-bond acceptors (Lipinski definition) is 4. The Morgan fingerprint density at radius 3 is 2.62 bits per heavy atom. The molecule has 0 atom stereocenters. The molecule has 5 nitrogen and oxygen atoms in total. The number of esters is 1. The number of rotatable bonds is 5. The summed E-state index contributed by atoms with van der Waals surface area (Å²) < 4.78 is 4.70. The second-order valence-electron chi connectivity index (χ2n) is 6.20. The average Bonchev–Trinajstić information content (AvgIpc) is 2.68. The van der Waals surface area contributed by atoms with Crippen molar-refractivity contribution in [3.8, 4) is 0 Å². The highest BCUT2D eigenvalue weighted by atomic mass is 16.5. The summed E-state index contributed by atoms with van der Waals surface area (Å²) in [5.74, 6) is -0.515. The van der Waals surface area contributed by atoms with Gasteiger partial charge in [0.15, 0.2) is 0 Å². The third-order valence-corrected chi connectivity index (χ3v) is 4.37. The monoisotopic (exact) mass is 350 g/mol. The maximum atomic E-state index is 12.3. The topological polar surface area (TPSA) is 58.6 Å². The molecule has 0 aromatic heterocycles. The Hall–Kier alpha value is -2.92. The van der Waals surface area contributed by atoms with E-state index >= 15 is 0 Å². The van der Waals surface area contributed by atoms with Crippen LogP contribution in [0.25, 0.3) is 5.57 Å². The minimum Gasteiger partial charge on any atom is -0.465 e. The van der Waals surface area contributed by atoms with Crippen LogP contribution < -0.4 is 5.32 Å². The van der Waals surface area contributed by atoms with Gasteiger partial charge in [0.05, 0.1) is 19.2 Å². The fourth-order valence-electron chi connectivity index (χ4n) is 3.01. The molecule has 2 aromatic carbocycles. The van der Waals surface area contributed by atoms with Gasteiger partial charge in [-0.3, -0.25) is 9.69 Å². The van der Waals surface area contributed by atoms with E-state index in [-0.39, 0.29) is 5.91 Å². The van der Waals surface area contributed by atoms with E-state index in [1.54, 1.807) is 24.3 Å². The normalized spacial score (nSPS) is 14.4. The summed E-state index contributed by atoms with van der Waals surface area (Å²) >= 11 is 0. The van der Waals surface area contributed by atoms with Crippen LogP contribution in [0.1, 0.15) is 22.3 Å². The van der Waals surface area contributed by atoms with E-state index in [4.69, 9.17) is 4.74 Å². The fourth-order valence-corrected chi connectivity index (χ4v) is 3.01. The van der Waals surface area contributed by atoms with Crippen LogP contribution >= 0.6 is 0 Å². The van der Waals surface area contributed by atoms with Crippen LogP contribution in [0.3, 0.4) is 0 Å². The fraction of sp³-hybridized carbons (Fsp3) is 0.238. The maximum absolute atomic E-state index is 12.3. The predicted octanol–water partition coefficient (Wildman–Crippen LogP) is 3.20. The third-order valence-electron chi connectivity index (χ3n) is 4.37. The van der Waals surface area contributed by atoms with E-state index in [1.165, 1.54) is 18.2 Å². The highest BCUT2D eigenvalue weighted by molar-refractivity contribution is 5.95. The molecule has 5 heteroatoms. The predicted molar refractivity (Wildman–Crippen MR) is 102 cm³/mol. The number of hydrogen-bond donors (Lipinski definition) is 1. The van der Waals surface area contributed by atoms with Gasteiger partial charge in [-0.2, -0.15) is 0 Å². The Balaban J connectivity index is 1.55.